The quantitative estimate of drug-likeness (QED) is 0.131. The summed E-state index contributed by atoms with van der Waals surface area (Å²) < 4.78 is 0. The predicted octanol–water partition coefficient (Wildman–Crippen LogP) is 1.14. The molecular formula is C23H25N7O5. The van der Waals surface area contributed by atoms with Gasteiger partial charge in [-0.15, -0.1) is 0 Å². The highest BCUT2D eigenvalue weighted by molar-refractivity contribution is 6.08. The monoisotopic (exact) mass is 479 g/mol. The van der Waals surface area contributed by atoms with Crippen molar-refractivity contribution in [2.75, 3.05) is 31.6 Å². The minimum atomic E-state index is -0.349. The number of carbonyl (C=O) groups excluding carboxylic acids is 3. The summed E-state index contributed by atoms with van der Waals surface area (Å²) in [6.07, 6.45) is 0. The fourth-order valence-electron chi connectivity index (χ4n) is 3.57. The van der Waals surface area contributed by atoms with E-state index < -0.39 is 0 Å². The lowest BCUT2D eigenvalue weighted by molar-refractivity contribution is 0.0908. The van der Waals surface area contributed by atoms with Gasteiger partial charge >= 0.3 is 0 Å². The van der Waals surface area contributed by atoms with Crippen molar-refractivity contribution >= 4 is 45.2 Å². The van der Waals surface area contributed by atoms with E-state index in [-0.39, 0.29) is 44.0 Å². The van der Waals surface area contributed by atoms with E-state index in [4.69, 9.17) is 11.8 Å². The van der Waals surface area contributed by atoms with Gasteiger partial charge in [0.05, 0.1) is 13.2 Å². The van der Waals surface area contributed by atoms with Gasteiger partial charge in [0.25, 0.3) is 17.7 Å². The summed E-state index contributed by atoms with van der Waals surface area (Å²) >= 11 is 0. The van der Waals surface area contributed by atoms with Gasteiger partial charge in [0.2, 0.25) is 0 Å². The largest absolute Gasteiger partial charge is 0.351 e. The zero-order chi connectivity index (χ0) is 24.8. The number of rotatable bonds is 10. The second-order valence-electron chi connectivity index (χ2n) is 7.68. The molecule has 182 valence electrons. The molecule has 0 bridgehead atoms. The van der Waals surface area contributed by atoms with Crippen LogP contribution in [0, 0.1) is 0 Å². The van der Waals surface area contributed by atoms with Crippen LogP contribution in [0.3, 0.4) is 0 Å². The van der Waals surface area contributed by atoms with Crippen molar-refractivity contribution in [2.24, 2.45) is 11.8 Å². The fraction of sp³-hybridized carbons (Fsp3) is 0.174. The van der Waals surface area contributed by atoms with Crippen molar-refractivity contribution in [3.8, 4) is 0 Å². The topological polar surface area (TPSA) is 189 Å². The first kappa shape index (κ1) is 23.9. The van der Waals surface area contributed by atoms with Gasteiger partial charge in [0.1, 0.15) is 11.4 Å². The maximum atomic E-state index is 12.8. The Bertz CT molecular complexity index is 1380. The van der Waals surface area contributed by atoms with E-state index in [1.807, 2.05) is 0 Å². The molecule has 0 unspecified atom stereocenters. The lowest BCUT2D eigenvalue weighted by Gasteiger charge is -2.04. The number of benzene rings is 2. The van der Waals surface area contributed by atoms with Gasteiger partial charge in [-0.25, -0.2) is 11.8 Å². The van der Waals surface area contributed by atoms with E-state index in [2.05, 4.69) is 35.6 Å². The molecule has 2 aromatic carbocycles. The smallest absolute Gasteiger partial charge is 0.272 e. The lowest BCUT2D eigenvalue weighted by Crippen LogP contribution is -2.28. The third-order valence-corrected chi connectivity index (χ3v) is 5.26. The number of nitrogens with one attached hydrogen (secondary N) is 5. The molecular weight excluding hydrogens is 454 g/mol. The van der Waals surface area contributed by atoms with E-state index >= 15 is 0 Å². The van der Waals surface area contributed by atoms with Gasteiger partial charge in [-0.3, -0.25) is 14.4 Å². The normalized spacial score (nSPS) is 11.0. The first-order valence-corrected chi connectivity index (χ1v) is 10.7. The second-order valence-corrected chi connectivity index (χ2v) is 7.68. The molecule has 0 atom stereocenters. The van der Waals surface area contributed by atoms with Gasteiger partial charge < -0.3 is 35.6 Å². The molecule has 2 aromatic heterocycles. The molecule has 0 saturated carbocycles. The van der Waals surface area contributed by atoms with Gasteiger partial charge in [-0.05, 0) is 42.5 Å². The Kier molecular flexibility index (Phi) is 7.38. The van der Waals surface area contributed by atoms with Crippen LogP contribution in [0.15, 0.2) is 48.5 Å². The predicted molar refractivity (Wildman–Crippen MR) is 129 cm³/mol. The average Bonchev–Trinajstić information content (AvgIpc) is 3.48. The molecule has 12 heteroatoms. The number of fused-ring (bicyclic) bond motifs is 2. The zero-order valence-electron chi connectivity index (χ0n) is 18.6. The molecule has 0 aliphatic carbocycles. The summed E-state index contributed by atoms with van der Waals surface area (Å²) in [6.45, 7) is 0.977. The van der Waals surface area contributed by atoms with Crippen molar-refractivity contribution < 1.29 is 24.1 Å². The number of carbonyl (C=O) groups is 3. The summed E-state index contributed by atoms with van der Waals surface area (Å²) in [6, 6.07) is 13.8. The molecule has 0 aliphatic rings. The van der Waals surface area contributed by atoms with E-state index in [1.165, 1.54) is 0 Å². The third kappa shape index (κ3) is 5.65. The van der Waals surface area contributed by atoms with Crippen LogP contribution in [0.2, 0.25) is 0 Å². The van der Waals surface area contributed by atoms with Crippen LogP contribution in [-0.2, 0) is 9.68 Å². The summed E-state index contributed by atoms with van der Waals surface area (Å²) in [5.41, 5.74) is 3.12. The highest BCUT2D eigenvalue weighted by Gasteiger charge is 2.14. The molecule has 0 radical (unpaired) electrons. The minimum absolute atomic E-state index is 0.203. The number of H-pyrrole nitrogens is 2. The summed E-state index contributed by atoms with van der Waals surface area (Å²) in [4.78, 5) is 52.2. The first-order valence-electron chi connectivity index (χ1n) is 10.7. The van der Waals surface area contributed by atoms with E-state index in [1.54, 1.807) is 48.5 Å². The molecule has 12 nitrogen and oxygen atoms in total. The van der Waals surface area contributed by atoms with E-state index in [9.17, 15) is 14.4 Å². The zero-order valence-corrected chi connectivity index (χ0v) is 18.6. The molecule has 0 spiro atoms. The number of aromatic nitrogens is 2. The van der Waals surface area contributed by atoms with Crippen LogP contribution in [0.5, 0.6) is 0 Å². The van der Waals surface area contributed by atoms with Crippen molar-refractivity contribution in [2.45, 2.75) is 0 Å². The second kappa shape index (κ2) is 10.8. The van der Waals surface area contributed by atoms with Crippen molar-refractivity contribution in [3.05, 3.63) is 65.5 Å². The molecule has 2 heterocycles. The fourth-order valence-corrected chi connectivity index (χ4v) is 3.57. The molecule has 0 saturated heterocycles. The molecule has 4 rings (SSSR count). The Labute approximate surface area is 199 Å². The molecule has 0 fully saturated rings. The average molecular weight is 479 g/mol. The summed E-state index contributed by atoms with van der Waals surface area (Å²) in [5.74, 6) is 9.01. The van der Waals surface area contributed by atoms with Crippen LogP contribution in [0.1, 0.15) is 31.3 Å². The lowest BCUT2D eigenvalue weighted by atomic mass is 10.1. The highest BCUT2D eigenvalue weighted by atomic mass is 16.6. The van der Waals surface area contributed by atoms with E-state index in [0.29, 0.717) is 39.1 Å². The van der Waals surface area contributed by atoms with E-state index in [0.717, 1.165) is 5.39 Å². The van der Waals surface area contributed by atoms with Crippen molar-refractivity contribution in [3.63, 3.8) is 0 Å². The standard InChI is InChI=1S/C23H25N7O5/c24-34-7-5-26-21(31)14-2-4-17-15(9-14)11-20(29-17)23(33)28-16-3-1-13-10-19(30-18(13)12-16)22(32)27-6-8-35-25/h1-4,9-12,29-30H,5-8,24-25H2,(H,26,31)(H,27,32)(H,28,33). The number of aromatic amines is 2. The van der Waals surface area contributed by atoms with Crippen molar-refractivity contribution in [1.82, 2.24) is 20.6 Å². The molecule has 4 aromatic rings. The van der Waals surface area contributed by atoms with Gasteiger partial charge in [-0.2, -0.15) is 0 Å². The first-order chi connectivity index (χ1) is 17.0. The number of nitrogens with two attached hydrogens (primary N) is 2. The Hall–Kier alpha value is -4.23. The maximum absolute atomic E-state index is 12.8. The van der Waals surface area contributed by atoms with Crippen LogP contribution in [0.4, 0.5) is 5.69 Å². The number of hydrogen-bond acceptors (Lipinski definition) is 7. The molecule has 35 heavy (non-hydrogen) atoms. The van der Waals surface area contributed by atoms with Gasteiger partial charge in [-0.1, -0.05) is 6.07 Å². The number of amides is 3. The minimum Gasteiger partial charge on any atom is -0.351 e. The molecule has 9 N–H and O–H groups in total. The van der Waals surface area contributed by atoms with Crippen LogP contribution < -0.4 is 27.7 Å². The van der Waals surface area contributed by atoms with Gasteiger partial charge in [0.15, 0.2) is 0 Å². The van der Waals surface area contributed by atoms with Crippen molar-refractivity contribution in [1.29, 1.82) is 0 Å². The summed E-state index contributed by atoms with van der Waals surface area (Å²) in [5, 5.41) is 9.74. The highest BCUT2D eigenvalue weighted by Crippen LogP contribution is 2.22. The van der Waals surface area contributed by atoms with Crippen LogP contribution >= 0.6 is 0 Å². The number of hydrogen-bond donors (Lipinski definition) is 7. The summed E-state index contributed by atoms with van der Waals surface area (Å²) in [7, 11) is 0. The Morgan fingerprint density at radius 3 is 2.11 bits per heavy atom. The molecule has 3 amide bonds. The van der Waals surface area contributed by atoms with Crippen LogP contribution in [-0.4, -0.2) is 54.0 Å². The molecule has 0 aliphatic heterocycles. The number of anilines is 1. The Morgan fingerprint density at radius 2 is 1.37 bits per heavy atom. The SMILES string of the molecule is NOCCNC(=O)c1ccc2[nH]c(C(=O)Nc3ccc4cc(C(=O)NCCON)[nH]c4c3)cc2c1. The third-order valence-electron chi connectivity index (χ3n) is 5.26. The maximum Gasteiger partial charge on any atom is 0.272 e. The Morgan fingerprint density at radius 1 is 0.714 bits per heavy atom. The van der Waals surface area contributed by atoms with Gasteiger partial charge in [0, 0.05) is 46.1 Å². The Balaban J connectivity index is 1.45. The van der Waals surface area contributed by atoms with Crippen LogP contribution in [0.25, 0.3) is 21.8 Å².